The van der Waals surface area contributed by atoms with Crippen molar-refractivity contribution in [2.75, 3.05) is 0 Å². The van der Waals surface area contributed by atoms with Crippen molar-refractivity contribution in [2.45, 2.75) is 19.4 Å². The van der Waals surface area contributed by atoms with Gasteiger partial charge in [0.25, 0.3) is 5.89 Å². The van der Waals surface area contributed by atoms with Crippen LogP contribution in [0.15, 0.2) is 77.6 Å². The van der Waals surface area contributed by atoms with Gasteiger partial charge in [0.2, 0.25) is 5.82 Å². The molecule has 2 aromatic carbocycles. The first kappa shape index (κ1) is 22.7. The highest BCUT2D eigenvalue weighted by molar-refractivity contribution is 5.76. The highest BCUT2D eigenvalue weighted by atomic mass is 19.1. The monoisotopic (exact) mass is 497 g/mol. The number of aromatic nitrogens is 6. The molecule has 10 nitrogen and oxygen atoms in total. The molecule has 6 rings (SSSR count). The van der Waals surface area contributed by atoms with Crippen LogP contribution in [0.2, 0.25) is 0 Å². The van der Waals surface area contributed by atoms with E-state index >= 15 is 0 Å². The Bertz CT molecular complexity index is 1550. The Morgan fingerprint density at radius 2 is 1.84 bits per heavy atom. The molecule has 0 amide bonds. The van der Waals surface area contributed by atoms with E-state index in [0.717, 1.165) is 24.0 Å². The van der Waals surface area contributed by atoms with Crippen LogP contribution < -0.4 is 5.48 Å². The molecule has 0 unspecified atom stereocenters. The lowest BCUT2D eigenvalue weighted by atomic mass is 10.1. The van der Waals surface area contributed by atoms with Crippen molar-refractivity contribution in [3.8, 4) is 39.9 Å². The number of carbonyl (C=O) groups excluding carboxylic acids is 1. The molecule has 0 bridgehead atoms. The highest BCUT2D eigenvalue weighted by Crippen LogP contribution is 2.33. The van der Waals surface area contributed by atoms with Crippen LogP contribution in [-0.4, -0.2) is 36.1 Å². The molecule has 3 heterocycles. The molecule has 3 aromatic heterocycles. The van der Waals surface area contributed by atoms with Gasteiger partial charge < -0.3 is 9.36 Å². The molecular weight excluding hydrogens is 477 g/mol. The molecule has 1 N–H and O–H groups in total. The number of hydrogen-bond acceptors (Lipinski definition) is 9. The van der Waals surface area contributed by atoms with E-state index < -0.39 is 5.82 Å². The van der Waals surface area contributed by atoms with Crippen LogP contribution in [0.3, 0.4) is 0 Å². The zero-order chi connectivity index (χ0) is 25.2. The minimum atomic E-state index is -0.447. The molecule has 0 radical (unpaired) electrons. The zero-order valence-corrected chi connectivity index (χ0v) is 19.4. The number of pyridine rings is 1. The van der Waals surface area contributed by atoms with E-state index in [9.17, 15) is 9.18 Å². The topological polar surface area (TPSA) is 121 Å². The van der Waals surface area contributed by atoms with Gasteiger partial charge >= 0.3 is 5.97 Å². The van der Waals surface area contributed by atoms with E-state index in [1.54, 1.807) is 42.7 Å². The van der Waals surface area contributed by atoms with Gasteiger partial charge in [-0.1, -0.05) is 46.8 Å². The Balaban J connectivity index is 1.27. The Morgan fingerprint density at radius 1 is 1.05 bits per heavy atom. The Kier molecular flexibility index (Phi) is 5.95. The fraction of sp³-hybridized carbons (Fsp3) is 0.154. The van der Waals surface area contributed by atoms with Gasteiger partial charge in [-0.05, 0) is 42.7 Å². The van der Waals surface area contributed by atoms with E-state index in [4.69, 9.17) is 9.36 Å². The van der Waals surface area contributed by atoms with Gasteiger partial charge in [-0.15, -0.1) is 10.6 Å². The van der Waals surface area contributed by atoms with Crippen molar-refractivity contribution in [3.63, 3.8) is 0 Å². The summed E-state index contributed by atoms with van der Waals surface area (Å²) in [6, 6.07) is 17.3. The van der Waals surface area contributed by atoms with Gasteiger partial charge in [0.1, 0.15) is 17.2 Å². The van der Waals surface area contributed by atoms with E-state index in [-0.39, 0.29) is 23.5 Å². The second kappa shape index (κ2) is 9.70. The molecule has 0 atom stereocenters. The highest BCUT2D eigenvalue weighted by Gasteiger charge is 2.31. The maximum atomic E-state index is 14.6. The van der Waals surface area contributed by atoms with Crippen LogP contribution >= 0.6 is 0 Å². The third-order valence-electron chi connectivity index (χ3n) is 5.91. The van der Waals surface area contributed by atoms with Crippen LogP contribution in [0.1, 0.15) is 18.4 Å². The normalized spacial score (nSPS) is 13.0. The number of para-hydroxylation sites is 1. The number of hydroxylamine groups is 1. The zero-order valence-electron chi connectivity index (χ0n) is 19.4. The third kappa shape index (κ3) is 4.71. The minimum absolute atomic E-state index is 0.0368. The molecule has 5 aromatic rings. The predicted octanol–water partition coefficient (Wildman–Crippen LogP) is 4.14. The Morgan fingerprint density at radius 3 is 2.59 bits per heavy atom. The summed E-state index contributed by atoms with van der Waals surface area (Å²) < 4.78 is 21.6. The first-order valence-corrected chi connectivity index (χ1v) is 11.7. The fourth-order valence-corrected chi connectivity index (χ4v) is 3.79. The van der Waals surface area contributed by atoms with Crippen molar-refractivity contribution in [1.29, 1.82) is 0 Å². The van der Waals surface area contributed by atoms with Crippen LogP contribution in [0.5, 0.6) is 0 Å². The summed E-state index contributed by atoms with van der Waals surface area (Å²) in [5.74, 6) is -0.126. The van der Waals surface area contributed by atoms with Crippen LogP contribution in [-0.2, 0) is 16.2 Å². The smallest absolute Gasteiger partial charge is 0.327 e. The molecule has 37 heavy (non-hydrogen) atoms. The number of rotatable bonds is 8. The Labute approximate surface area is 210 Å². The number of benzene rings is 2. The lowest BCUT2D eigenvalue weighted by Gasteiger charge is -2.08. The summed E-state index contributed by atoms with van der Waals surface area (Å²) in [7, 11) is 0. The molecule has 1 aliphatic carbocycles. The summed E-state index contributed by atoms with van der Waals surface area (Å²) in [6.07, 6.45) is 5.04. The molecule has 1 saturated carbocycles. The number of nitrogens with zero attached hydrogens (tertiary/aromatic N) is 6. The molecule has 1 fully saturated rings. The maximum Gasteiger partial charge on any atom is 0.327 e. The SMILES string of the molecule is O=C(ONCc1ccc(-c2noc(-c3nnn(-c4ccccc4F)c3-c3ccncc3)n2)cc1)C1CC1. The van der Waals surface area contributed by atoms with E-state index in [1.165, 1.54) is 10.7 Å². The van der Waals surface area contributed by atoms with Gasteiger partial charge in [-0.3, -0.25) is 9.78 Å². The largest absolute Gasteiger partial charge is 0.370 e. The van der Waals surface area contributed by atoms with Crippen molar-refractivity contribution in [3.05, 3.63) is 84.4 Å². The summed E-state index contributed by atoms with van der Waals surface area (Å²) in [5.41, 5.74) is 6.09. The van der Waals surface area contributed by atoms with E-state index in [2.05, 4.69) is 30.9 Å². The van der Waals surface area contributed by atoms with Crippen molar-refractivity contribution in [2.24, 2.45) is 5.92 Å². The maximum absolute atomic E-state index is 14.6. The van der Waals surface area contributed by atoms with Gasteiger partial charge in [-0.25, -0.2) is 9.07 Å². The van der Waals surface area contributed by atoms with Gasteiger partial charge in [0.15, 0.2) is 5.69 Å². The average Bonchev–Trinajstić information content (AvgIpc) is 3.51. The summed E-state index contributed by atoms with van der Waals surface area (Å²) in [5, 5.41) is 12.5. The number of carbonyl (C=O) groups is 1. The standard InChI is InChI=1S/C26H20FN7O3/c27-20-3-1-2-4-21(20)34-23(17-11-13-28-14-12-17)22(31-33-34)25-30-24(32-36-25)18-7-5-16(6-8-18)15-29-37-26(35)19-9-10-19/h1-8,11-14,19,29H,9-10,15H2. The number of hydrogen-bond donors (Lipinski definition) is 1. The quantitative estimate of drug-likeness (QED) is 0.315. The molecule has 11 heteroatoms. The Hall–Kier alpha value is -4.77. The lowest BCUT2D eigenvalue weighted by molar-refractivity contribution is -0.153. The van der Waals surface area contributed by atoms with E-state index in [1.807, 2.05) is 24.3 Å². The lowest BCUT2D eigenvalue weighted by Crippen LogP contribution is -2.20. The van der Waals surface area contributed by atoms with Gasteiger partial charge in [0, 0.05) is 23.5 Å². The van der Waals surface area contributed by atoms with Crippen LogP contribution in [0.25, 0.3) is 39.9 Å². The molecule has 0 aliphatic heterocycles. The van der Waals surface area contributed by atoms with Crippen LogP contribution in [0, 0.1) is 11.7 Å². The molecule has 1 aliphatic rings. The first-order chi connectivity index (χ1) is 18.2. The third-order valence-corrected chi connectivity index (χ3v) is 5.91. The summed E-state index contributed by atoms with van der Waals surface area (Å²) >= 11 is 0. The first-order valence-electron chi connectivity index (χ1n) is 11.7. The summed E-state index contributed by atoms with van der Waals surface area (Å²) in [6.45, 7) is 0.380. The molecular formula is C26H20FN7O3. The minimum Gasteiger partial charge on any atom is -0.370 e. The van der Waals surface area contributed by atoms with Gasteiger partial charge in [-0.2, -0.15) is 4.98 Å². The average molecular weight is 497 g/mol. The van der Waals surface area contributed by atoms with Crippen molar-refractivity contribution < 1.29 is 18.5 Å². The fourth-order valence-electron chi connectivity index (χ4n) is 3.79. The van der Waals surface area contributed by atoms with Gasteiger partial charge in [0.05, 0.1) is 12.5 Å². The van der Waals surface area contributed by atoms with E-state index in [0.29, 0.717) is 29.3 Å². The number of halogens is 1. The summed E-state index contributed by atoms with van der Waals surface area (Å²) in [4.78, 5) is 25.3. The van der Waals surface area contributed by atoms with Crippen LogP contribution in [0.4, 0.5) is 4.39 Å². The second-order valence-electron chi connectivity index (χ2n) is 8.52. The molecule has 0 spiro atoms. The molecule has 0 saturated heterocycles. The second-order valence-corrected chi connectivity index (χ2v) is 8.52. The molecule has 184 valence electrons. The predicted molar refractivity (Wildman–Crippen MR) is 129 cm³/mol. The van der Waals surface area contributed by atoms with Crippen molar-refractivity contribution in [1.82, 2.24) is 35.6 Å². The van der Waals surface area contributed by atoms with Crippen molar-refractivity contribution >= 4 is 5.97 Å². The number of nitrogens with one attached hydrogen (secondary N) is 1.